The number of nitrogens with zero attached hydrogens (tertiary/aromatic N) is 1. The molecule has 0 saturated carbocycles. The minimum atomic E-state index is -3.77. The Bertz CT molecular complexity index is 1180. The lowest BCUT2D eigenvalue weighted by Crippen LogP contribution is -2.21. The van der Waals surface area contributed by atoms with Gasteiger partial charge in [-0.15, -0.1) is 0 Å². The van der Waals surface area contributed by atoms with Crippen molar-refractivity contribution in [2.24, 2.45) is 5.16 Å². The molecule has 0 aliphatic carbocycles. The molecular weight excluding hydrogens is 477 g/mol. The quantitative estimate of drug-likeness (QED) is 0.258. The lowest BCUT2D eigenvalue weighted by atomic mass is 10.2. The van der Waals surface area contributed by atoms with Gasteiger partial charge in [-0.1, -0.05) is 88.5 Å². The summed E-state index contributed by atoms with van der Waals surface area (Å²) in [6.45, 7) is 0.0720. The molecule has 1 unspecified atom stereocenters. The number of rotatable bonds is 8. The van der Waals surface area contributed by atoms with Crippen LogP contribution in [-0.4, -0.2) is 19.9 Å². The van der Waals surface area contributed by atoms with Crippen molar-refractivity contribution < 1.29 is 13.3 Å². The van der Waals surface area contributed by atoms with E-state index >= 15 is 0 Å². The first kappa shape index (κ1) is 23.4. The Labute approximate surface area is 196 Å². The highest BCUT2D eigenvalue weighted by molar-refractivity contribution is 7.93. The van der Waals surface area contributed by atoms with Crippen molar-refractivity contribution in [3.05, 3.63) is 105 Å². The largest absolute Gasteiger partial charge is 0.391 e. The monoisotopic (exact) mass is 493 g/mol. The summed E-state index contributed by atoms with van der Waals surface area (Å²) >= 11 is 17.9. The standard InChI is InChI=1S/C23H18Cl3NO3S/c24-19-9-12-21(13-10-19)31(28,29)22(11-6-17-4-2-1-3-5-17)15-27-30-16-18-7-8-20(25)14-23(18)26/h1-15,22H,16H2/b11-6+,27-15-. The molecule has 3 aromatic rings. The Morgan fingerprint density at radius 3 is 2.26 bits per heavy atom. The second-order valence-electron chi connectivity index (χ2n) is 6.50. The molecule has 4 nitrogen and oxygen atoms in total. The molecule has 0 saturated heterocycles. The number of benzene rings is 3. The first-order valence-electron chi connectivity index (χ1n) is 9.18. The fourth-order valence-electron chi connectivity index (χ4n) is 2.63. The molecule has 0 aromatic heterocycles. The fraction of sp³-hybridized carbons (Fsp3) is 0.0870. The van der Waals surface area contributed by atoms with Crippen LogP contribution in [0.1, 0.15) is 11.1 Å². The van der Waals surface area contributed by atoms with Crippen molar-refractivity contribution >= 4 is 56.9 Å². The van der Waals surface area contributed by atoms with Gasteiger partial charge >= 0.3 is 0 Å². The van der Waals surface area contributed by atoms with Gasteiger partial charge in [0.25, 0.3) is 0 Å². The second kappa shape index (κ2) is 10.8. The molecule has 8 heteroatoms. The predicted molar refractivity (Wildman–Crippen MR) is 128 cm³/mol. The van der Waals surface area contributed by atoms with Gasteiger partial charge in [-0.05, 0) is 42.0 Å². The highest BCUT2D eigenvalue weighted by Crippen LogP contribution is 2.22. The smallest absolute Gasteiger partial charge is 0.190 e. The first-order chi connectivity index (χ1) is 14.9. The molecule has 0 aliphatic rings. The van der Waals surface area contributed by atoms with Crippen LogP contribution in [0.15, 0.2) is 88.9 Å². The Morgan fingerprint density at radius 1 is 0.903 bits per heavy atom. The third-order valence-corrected chi connectivity index (χ3v) is 7.06. The normalized spacial score (nSPS) is 13.0. The lowest BCUT2D eigenvalue weighted by molar-refractivity contribution is 0.131. The van der Waals surface area contributed by atoms with E-state index in [9.17, 15) is 8.42 Å². The second-order valence-corrected chi connectivity index (χ2v) is 9.88. The molecule has 0 spiro atoms. The van der Waals surface area contributed by atoms with Crippen molar-refractivity contribution in [2.45, 2.75) is 16.8 Å². The van der Waals surface area contributed by atoms with Gasteiger partial charge < -0.3 is 4.84 Å². The van der Waals surface area contributed by atoms with Gasteiger partial charge in [-0.25, -0.2) is 8.42 Å². The van der Waals surface area contributed by atoms with Crippen LogP contribution < -0.4 is 0 Å². The van der Waals surface area contributed by atoms with E-state index in [0.717, 1.165) is 5.56 Å². The molecule has 3 aromatic carbocycles. The molecule has 0 fully saturated rings. The number of oxime groups is 1. The fourth-order valence-corrected chi connectivity index (χ4v) is 4.55. The maximum absolute atomic E-state index is 13.1. The average molecular weight is 495 g/mol. The van der Waals surface area contributed by atoms with E-state index in [4.69, 9.17) is 39.6 Å². The summed E-state index contributed by atoms with van der Waals surface area (Å²) in [6.07, 6.45) is 4.52. The summed E-state index contributed by atoms with van der Waals surface area (Å²) in [5.41, 5.74) is 1.54. The van der Waals surface area contributed by atoms with Gasteiger partial charge in [0.1, 0.15) is 11.9 Å². The zero-order valence-electron chi connectivity index (χ0n) is 16.2. The van der Waals surface area contributed by atoms with E-state index in [1.54, 1.807) is 30.4 Å². The van der Waals surface area contributed by atoms with E-state index in [2.05, 4.69) is 5.16 Å². The molecule has 0 amide bonds. The molecule has 0 N–H and O–H groups in total. The van der Waals surface area contributed by atoms with E-state index in [-0.39, 0.29) is 11.5 Å². The summed E-state index contributed by atoms with van der Waals surface area (Å²) in [5, 5.41) is 4.24. The van der Waals surface area contributed by atoms with Crippen LogP contribution in [0.4, 0.5) is 0 Å². The van der Waals surface area contributed by atoms with Crippen molar-refractivity contribution in [2.75, 3.05) is 0 Å². The van der Waals surface area contributed by atoms with Gasteiger partial charge in [0.15, 0.2) is 9.84 Å². The third-order valence-electron chi connectivity index (χ3n) is 4.30. The minimum absolute atomic E-state index is 0.0720. The Balaban J connectivity index is 1.82. The van der Waals surface area contributed by atoms with Gasteiger partial charge in [0.2, 0.25) is 0 Å². The van der Waals surface area contributed by atoms with E-state index in [1.165, 1.54) is 30.5 Å². The Hall–Kier alpha value is -2.31. The Kier molecular flexibility index (Phi) is 8.15. The van der Waals surface area contributed by atoms with Crippen LogP contribution in [0, 0.1) is 0 Å². The zero-order chi connectivity index (χ0) is 22.3. The third kappa shape index (κ3) is 6.58. The Morgan fingerprint density at radius 2 is 1.58 bits per heavy atom. The highest BCUT2D eigenvalue weighted by atomic mass is 35.5. The van der Waals surface area contributed by atoms with Crippen molar-refractivity contribution in [3.63, 3.8) is 0 Å². The zero-order valence-corrected chi connectivity index (χ0v) is 19.2. The summed E-state index contributed by atoms with van der Waals surface area (Å²) in [5.74, 6) is 0. The number of hydrogen-bond donors (Lipinski definition) is 0. The predicted octanol–water partition coefficient (Wildman–Crippen LogP) is 6.71. The highest BCUT2D eigenvalue weighted by Gasteiger charge is 2.24. The van der Waals surface area contributed by atoms with Crippen molar-refractivity contribution in [1.82, 2.24) is 0 Å². The summed E-state index contributed by atoms with van der Waals surface area (Å²) in [6, 6.07) is 20.4. The molecule has 160 valence electrons. The molecule has 1 atom stereocenters. The number of halogens is 3. The van der Waals surface area contributed by atoms with Crippen molar-refractivity contribution in [3.8, 4) is 0 Å². The molecule has 31 heavy (non-hydrogen) atoms. The average Bonchev–Trinajstić information content (AvgIpc) is 2.75. The van der Waals surface area contributed by atoms with Crippen LogP contribution in [0.2, 0.25) is 15.1 Å². The van der Waals surface area contributed by atoms with Crippen LogP contribution in [0.5, 0.6) is 0 Å². The van der Waals surface area contributed by atoms with Gasteiger partial charge in [0, 0.05) is 20.6 Å². The van der Waals surface area contributed by atoms with E-state index in [0.29, 0.717) is 20.6 Å². The molecule has 0 radical (unpaired) electrons. The van der Waals surface area contributed by atoms with Crippen LogP contribution in [-0.2, 0) is 21.3 Å². The summed E-state index contributed by atoms with van der Waals surface area (Å²) in [4.78, 5) is 5.43. The van der Waals surface area contributed by atoms with Crippen LogP contribution in [0.25, 0.3) is 6.08 Å². The van der Waals surface area contributed by atoms with Crippen LogP contribution in [0.3, 0.4) is 0 Å². The molecule has 0 heterocycles. The minimum Gasteiger partial charge on any atom is -0.391 e. The topological polar surface area (TPSA) is 55.7 Å². The number of sulfone groups is 1. The molecular formula is C23H18Cl3NO3S. The maximum atomic E-state index is 13.1. The molecule has 3 rings (SSSR count). The van der Waals surface area contributed by atoms with E-state index < -0.39 is 15.1 Å². The lowest BCUT2D eigenvalue weighted by Gasteiger charge is -2.10. The van der Waals surface area contributed by atoms with E-state index in [1.807, 2.05) is 30.3 Å². The van der Waals surface area contributed by atoms with Gasteiger partial charge in [-0.2, -0.15) is 0 Å². The van der Waals surface area contributed by atoms with Crippen molar-refractivity contribution in [1.29, 1.82) is 0 Å². The molecule has 0 aliphatic heterocycles. The first-order valence-corrected chi connectivity index (χ1v) is 11.9. The summed E-state index contributed by atoms with van der Waals surface area (Å²) < 4.78 is 26.3. The summed E-state index contributed by atoms with van der Waals surface area (Å²) in [7, 11) is -3.77. The number of hydrogen-bond acceptors (Lipinski definition) is 4. The molecule has 0 bridgehead atoms. The SMILES string of the molecule is O=S(=O)(c1ccc(Cl)cc1)C(/C=N\OCc1ccc(Cl)cc1Cl)/C=C/c1ccccc1. The van der Waals surface area contributed by atoms with Crippen LogP contribution >= 0.6 is 34.8 Å². The maximum Gasteiger partial charge on any atom is 0.190 e. The van der Waals surface area contributed by atoms with Gasteiger partial charge in [-0.3, -0.25) is 0 Å². The van der Waals surface area contributed by atoms with Gasteiger partial charge in [0.05, 0.1) is 11.1 Å².